The number of carbonyl (C=O) groups excluding carboxylic acids is 4. The van der Waals surface area contributed by atoms with Crippen molar-refractivity contribution in [3.05, 3.63) is 95.6 Å². The number of rotatable bonds is 8. The van der Waals surface area contributed by atoms with Gasteiger partial charge in [-0.05, 0) is 45.4 Å². The first-order valence-corrected chi connectivity index (χ1v) is 14.3. The molecular formula is C33H38N4O6. The van der Waals surface area contributed by atoms with E-state index in [1.165, 1.54) is 0 Å². The van der Waals surface area contributed by atoms with Gasteiger partial charge < -0.3 is 29.9 Å². The Bertz CT molecular complexity index is 1430. The highest BCUT2D eigenvalue weighted by atomic mass is 16.6. The van der Waals surface area contributed by atoms with Crippen LogP contribution in [0, 0.1) is 0 Å². The van der Waals surface area contributed by atoms with Crippen LogP contribution in [0.4, 0.5) is 21.0 Å². The van der Waals surface area contributed by atoms with Crippen LogP contribution in [-0.4, -0.2) is 66.6 Å². The number of para-hydroxylation sites is 1. The summed E-state index contributed by atoms with van der Waals surface area (Å²) < 4.78 is 10.8. The van der Waals surface area contributed by atoms with Gasteiger partial charge in [-0.25, -0.2) is 9.59 Å². The molecule has 2 N–H and O–H groups in total. The standard InChI is InChI=1S/C33H38N4O6/c1-23(34-31(40)42-22-24-12-7-5-8-13-24)30(39)35-28-26(29(38)25-14-9-6-10-15-25)16-11-17-27(28)36-18-20-37(21-19-36)32(41)43-33(2,3)4/h5-17,23H,18-22H2,1-4H3,(H,34,40)(H,35,39)/t23-/m1/s1. The maximum absolute atomic E-state index is 13.6. The summed E-state index contributed by atoms with van der Waals surface area (Å²) in [6.07, 6.45) is -1.12. The van der Waals surface area contributed by atoms with Crippen molar-refractivity contribution in [1.82, 2.24) is 10.2 Å². The summed E-state index contributed by atoms with van der Waals surface area (Å²) in [5.41, 5.74) is 1.97. The van der Waals surface area contributed by atoms with E-state index >= 15 is 0 Å². The smallest absolute Gasteiger partial charge is 0.410 e. The third-order valence-electron chi connectivity index (χ3n) is 6.78. The monoisotopic (exact) mass is 586 g/mol. The van der Waals surface area contributed by atoms with Gasteiger partial charge in [0.15, 0.2) is 5.78 Å². The highest BCUT2D eigenvalue weighted by molar-refractivity contribution is 6.16. The molecule has 0 bridgehead atoms. The van der Waals surface area contributed by atoms with Crippen LogP contribution in [0.2, 0.25) is 0 Å². The number of alkyl carbamates (subject to hydrolysis) is 1. The van der Waals surface area contributed by atoms with Crippen molar-refractivity contribution >= 4 is 35.3 Å². The molecule has 1 aliphatic heterocycles. The summed E-state index contributed by atoms with van der Waals surface area (Å²) in [6, 6.07) is 22.3. The molecule has 1 aliphatic rings. The SMILES string of the molecule is C[C@@H](NC(=O)OCc1ccccc1)C(=O)Nc1c(C(=O)c2ccccc2)cccc1N1CCN(C(=O)OC(C)(C)C)CC1. The second-order valence-electron chi connectivity index (χ2n) is 11.3. The molecule has 0 aliphatic carbocycles. The topological polar surface area (TPSA) is 117 Å². The van der Waals surface area contributed by atoms with Crippen molar-refractivity contribution in [3.63, 3.8) is 0 Å². The number of ether oxygens (including phenoxy) is 2. The molecule has 10 heteroatoms. The van der Waals surface area contributed by atoms with Crippen LogP contribution in [0.25, 0.3) is 0 Å². The summed E-state index contributed by atoms with van der Waals surface area (Å²) in [5, 5.41) is 5.45. The normalized spacial score (nSPS) is 14.0. The first-order chi connectivity index (χ1) is 20.5. The average molecular weight is 587 g/mol. The predicted molar refractivity (Wildman–Crippen MR) is 164 cm³/mol. The zero-order valence-corrected chi connectivity index (χ0v) is 25.0. The molecule has 0 aromatic heterocycles. The van der Waals surface area contributed by atoms with E-state index in [0.29, 0.717) is 48.7 Å². The van der Waals surface area contributed by atoms with Crippen LogP contribution in [-0.2, 0) is 20.9 Å². The molecule has 43 heavy (non-hydrogen) atoms. The number of piperazine rings is 1. The van der Waals surface area contributed by atoms with E-state index in [0.717, 1.165) is 5.56 Å². The Morgan fingerprint density at radius 3 is 2.09 bits per heavy atom. The van der Waals surface area contributed by atoms with Crippen molar-refractivity contribution in [3.8, 4) is 0 Å². The van der Waals surface area contributed by atoms with Crippen LogP contribution < -0.4 is 15.5 Å². The molecule has 0 spiro atoms. The number of nitrogens with zero attached hydrogens (tertiary/aromatic N) is 2. The molecule has 1 atom stereocenters. The number of amides is 3. The van der Waals surface area contributed by atoms with E-state index < -0.39 is 23.6 Å². The number of nitrogens with one attached hydrogen (secondary N) is 2. The second-order valence-corrected chi connectivity index (χ2v) is 11.3. The quantitative estimate of drug-likeness (QED) is 0.347. The lowest BCUT2D eigenvalue weighted by molar-refractivity contribution is -0.117. The lowest BCUT2D eigenvalue weighted by atomic mass is 9.99. The number of ketones is 1. The Morgan fingerprint density at radius 1 is 0.837 bits per heavy atom. The summed E-state index contributed by atoms with van der Waals surface area (Å²) in [4.78, 5) is 55.6. The largest absolute Gasteiger partial charge is 0.445 e. The molecule has 1 saturated heterocycles. The Hall–Kier alpha value is -4.86. The number of benzene rings is 3. The van der Waals surface area contributed by atoms with Crippen molar-refractivity contribution in [2.24, 2.45) is 0 Å². The summed E-state index contributed by atoms with van der Waals surface area (Å²) >= 11 is 0. The van der Waals surface area contributed by atoms with E-state index in [1.54, 1.807) is 48.2 Å². The zero-order chi connectivity index (χ0) is 31.0. The van der Waals surface area contributed by atoms with Gasteiger partial charge in [-0.15, -0.1) is 0 Å². The molecule has 1 heterocycles. The molecule has 0 radical (unpaired) electrons. The van der Waals surface area contributed by atoms with Gasteiger partial charge in [-0.1, -0.05) is 66.7 Å². The lowest BCUT2D eigenvalue weighted by Gasteiger charge is -2.37. The number of hydrogen-bond acceptors (Lipinski definition) is 7. The maximum Gasteiger partial charge on any atom is 0.410 e. The summed E-state index contributed by atoms with van der Waals surface area (Å²) in [5.74, 6) is -0.772. The number of carbonyl (C=O) groups is 4. The van der Waals surface area contributed by atoms with Gasteiger partial charge in [0.1, 0.15) is 18.2 Å². The average Bonchev–Trinajstić information content (AvgIpc) is 3.00. The molecule has 226 valence electrons. The van der Waals surface area contributed by atoms with E-state index in [2.05, 4.69) is 10.6 Å². The summed E-state index contributed by atoms with van der Waals surface area (Å²) in [7, 11) is 0. The molecule has 0 unspecified atom stereocenters. The lowest BCUT2D eigenvalue weighted by Crippen LogP contribution is -2.50. The minimum Gasteiger partial charge on any atom is -0.445 e. The minimum atomic E-state index is -0.958. The van der Waals surface area contributed by atoms with Crippen molar-refractivity contribution in [1.29, 1.82) is 0 Å². The molecule has 4 rings (SSSR count). The molecular weight excluding hydrogens is 548 g/mol. The fraction of sp³-hybridized carbons (Fsp3) is 0.333. The van der Waals surface area contributed by atoms with Gasteiger partial charge >= 0.3 is 12.2 Å². The van der Waals surface area contributed by atoms with Gasteiger partial charge in [0.2, 0.25) is 5.91 Å². The fourth-order valence-corrected chi connectivity index (χ4v) is 4.56. The zero-order valence-electron chi connectivity index (χ0n) is 25.0. The Morgan fingerprint density at radius 2 is 1.47 bits per heavy atom. The molecule has 1 fully saturated rings. The Kier molecular flexibility index (Phi) is 10.0. The highest BCUT2D eigenvalue weighted by Gasteiger charge is 2.29. The number of hydrogen-bond donors (Lipinski definition) is 2. The Labute approximate surface area is 252 Å². The number of anilines is 2. The van der Waals surface area contributed by atoms with E-state index in [1.807, 2.05) is 68.1 Å². The van der Waals surface area contributed by atoms with Gasteiger partial charge in [0.05, 0.1) is 11.4 Å². The third kappa shape index (κ3) is 8.57. The fourth-order valence-electron chi connectivity index (χ4n) is 4.56. The van der Waals surface area contributed by atoms with Crippen LogP contribution in [0.5, 0.6) is 0 Å². The molecule has 3 amide bonds. The molecule has 0 saturated carbocycles. The molecule has 10 nitrogen and oxygen atoms in total. The van der Waals surface area contributed by atoms with Gasteiger partial charge in [0.25, 0.3) is 0 Å². The van der Waals surface area contributed by atoms with Crippen LogP contribution in [0.15, 0.2) is 78.9 Å². The van der Waals surface area contributed by atoms with Crippen molar-refractivity contribution in [2.45, 2.75) is 45.9 Å². The van der Waals surface area contributed by atoms with Gasteiger partial charge in [0, 0.05) is 37.3 Å². The molecule has 3 aromatic rings. The maximum atomic E-state index is 13.6. The van der Waals surface area contributed by atoms with E-state index in [9.17, 15) is 19.2 Å². The van der Waals surface area contributed by atoms with Crippen LogP contribution >= 0.6 is 0 Å². The van der Waals surface area contributed by atoms with Crippen molar-refractivity contribution in [2.75, 3.05) is 36.4 Å². The predicted octanol–water partition coefficient (Wildman–Crippen LogP) is 5.23. The Balaban J connectivity index is 1.52. The van der Waals surface area contributed by atoms with Crippen molar-refractivity contribution < 1.29 is 28.7 Å². The first-order valence-electron chi connectivity index (χ1n) is 14.3. The van der Waals surface area contributed by atoms with E-state index in [-0.39, 0.29) is 18.5 Å². The minimum absolute atomic E-state index is 0.0643. The van der Waals surface area contributed by atoms with Crippen LogP contribution in [0.1, 0.15) is 49.2 Å². The second kappa shape index (κ2) is 13.9. The highest BCUT2D eigenvalue weighted by Crippen LogP contribution is 2.32. The molecule has 3 aromatic carbocycles. The van der Waals surface area contributed by atoms with Gasteiger partial charge in [-0.3, -0.25) is 9.59 Å². The van der Waals surface area contributed by atoms with E-state index in [4.69, 9.17) is 9.47 Å². The first kappa shape index (κ1) is 31.1. The van der Waals surface area contributed by atoms with Gasteiger partial charge in [-0.2, -0.15) is 0 Å². The summed E-state index contributed by atoms with van der Waals surface area (Å²) in [6.45, 7) is 8.82. The third-order valence-corrected chi connectivity index (χ3v) is 6.78. The van der Waals surface area contributed by atoms with Crippen LogP contribution in [0.3, 0.4) is 0 Å².